The van der Waals surface area contributed by atoms with Crippen LogP contribution in [0.1, 0.15) is 33.6 Å². The lowest BCUT2D eigenvalue weighted by Gasteiger charge is -2.13. The lowest BCUT2D eigenvalue weighted by Crippen LogP contribution is -2.30. The van der Waals surface area contributed by atoms with Gasteiger partial charge in [0.15, 0.2) is 0 Å². The van der Waals surface area contributed by atoms with Gasteiger partial charge in [0.1, 0.15) is 5.00 Å². The summed E-state index contributed by atoms with van der Waals surface area (Å²) >= 11 is 1.45. The number of carbonyl (C=O) groups is 2. The molecule has 0 saturated heterocycles. The SMILES string of the molecule is COC(=O)c1c(NC(=O)NC2CC2)sc2c1CCNC2. The number of hydrogen-bond acceptors (Lipinski definition) is 5. The average Bonchev–Trinajstić information content (AvgIpc) is 3.17. The second kappa shape index (κ2) is 5.41. The second-order valence-electron chi connectivity index (χ2n) is 5.00. The Hall–Kier alpha value is -1.60. The molecule has 1 fully saturated rings. The highest BCUT2D eigenvalue weighted by Crippen LogP contribution is 2.36. The highest BCUT2D eigenvalue weighted by molar-refractivity contribution is 7.17. The predicted molar refractivity (Wildman–Crippen MR) is 76.2 cm³/mol. The Labute approximate surface area is 120 Å². The molecule has 3 rings (SSSR count). The highest BCUT2D eigenvalue weighted by Gasteiger charge is 2.28. The summed E-state index contributed by atoms with van der Waals surface area (Å²) in [5, 5.41) is 9.50. The van der Waals surface area contributed by atoms with E-state index in [4.69, 9.17) is 4.74 Å². The van der Waals surface area contributed by atoms with Gasteiger partial charge >= 0.3 is 12.0 Å². The summed E-state index contributed by atoms with van der Waals surface area (Å²) in [4.78, 5) is 24.9. The lowest BCUT2D eigenvalue weighted by molar-refractivity contribution is 0.0601. The van der Waals surface area contributed by atoms with Crippen LogP contribution in [0.25, 0.3) is 0 Å². The fourth-order valence-corrected chi connectivity index (χ4v) is 3.49. The van der Waals surface area contributed by atoms with Gasteiger partial charge in [-0.25, -0.2) is 9.59 Å². The third-order valence-corrected chi connectivity index (χ3v) is 4.60. The van der Waals surface area contributed by atoms with E-state index in [9.17, 15) is 9.59 Å². The molecule has 0 spiro atoms. The number of esters is 1. The van der Waals surface area contributed by atoms with Crippen LogP contribution in [0.4, 0.5) is 9.80 Å². The smallest absolute Gasteiger partial charge is 0.341 e. The monoisotopic (exact) mass is 295 g/mol. The molecule has 1 saturated carbocycles. The van der Waals surface area contributed by atoms with Crippen molar-refractivity contribution in [1.82, 2.24) is 10.6 Å². The molecule has 1 aliphatic heterocycles. The van der Waals surface area contributed by atoms with Crippen LogP contribution >= 0.6 is 11.3 Å². The normalized spacial score (nSPS) is 17.2. The molecule has 3 N–H and O–H groups in total. The fraction of sp³-hybridized carbons (Fsp3) is 0.538. The molecule has 6 nitrogen and oxygen atoms in total. The molecule has 2 aliphatic rings. The minimum Gasteiger partial charge on any atom is -0.465 e. The maximum atomic E-state index is 12.0. The maximum absolute atomic E-state index is 12.0. The minimum absolute atomic E-state index is 0.246. The molecule has 0 radical (unpaired) electrons. The Bertz CT molecular complexity index is 551. The largest absolute Gasteiger partial charge is 0.465 e. The summed E-state index contributed by atoms with van der Waals surface area (Å²) in [5.74, 6) is -0.383. The van der Waals surface area contributed by atoms with E-state index in [1.54, 1.807) is 0 Å². The molecular weight excluding hydrogens is 278 g/mol. The Balaban J connectivity index is 1.85. The molecule has 1 aromatic rings. The predicted octanol–water partition coefficient (Wildman–Crippen LogP) is 1.46. The van der Waals surface area contributed by atoms with Crippen LogP contribution in [-0.2, 0) is 17.7 Å². The average molecular weight is 295 g/mol. The van der Waals surface area contributed by atoms with Crippen molar-refractivity contribution in [3.8, 4) is 0 Å². The highest BCUT2D eigenvalue weighted by atomic mass is 32.1. The van der Waals surface area contributed by atoms with E-state index in [1.807, 2.05) is 0 Å². The van der Waals surface area contributed by atoms with Crippen molar-refractivity contribution >= 4 is 28.3 Å². The standard InChI is InChI=1S/C13H17N3O3S/c1-19-12(17)10-8-4-5-14-6-9(8)20-11(10)16-13(18)15-7-2-3-7/h7,14H,2-6H2,1H3,(H2,15,16,18). The molecule has 0 aromatic carbocycles. The van der Waals surface area contributed by atoms with Gasteiger partial charge in [-0.15, -0.1) is 11.3 Å². The first kappa shape index (κ1) is 13.4. The number of anilines is 1. The van der Waals surface area contributed by atoms with Gasteiger partial charge in [0.25, 0.3) is 0 Å². The molecule has 2 amide bonds. The van der Waals surface area contributed by atoms with Crippen LogP contribution in [0.3, 0.4) is 0 Å². The Morgan fingerprint density at radius 2 is 2.20 bits per heavy atom. The van der Waals surface area contributed by atoms with Gasteiger partial charge in [0, 0.05) is 17.5 Å². The van der Waals surface area contributed by atoms with E-state index < -0.39 is 0 Å². The number of carbonyl (C=O) groups excluding carboxylic acids is 2. The van der Waals surface area contributed by atoms with E-state index >= 15 is 0 Å². The summed E-state index contributed by atoms with van der Waals surface area (Å²) in [5.41, 5.74) is 1.52. The van der Waals surface area contributed by atoms with Gasteiger partial charge in [0.05, 0.1) is 12.7 Å². The molecule has 0 unspecified atom stereocenters. The third kappa shape index (κ3) is 2.64. The number of fused-ring (bicyclic) bond motifs is 1. The summed E-state index contributed by atoms with van der Waals surface area (Å²) in [6.45, 7) is 1.57. The van der Waals surface area contributed by atoms with Crippen molar-refractivity contribution < 1.29 is 14.3 Å². The number of rotatable bonds is 3. The molecule has 0 atom stereocenters. The number of amides is 2. The zero-order chi connectivity index (χ0) is 14.1. The van der Waals surface area contributed by atoms with Gasteiger partial charge in [-0.05, 0) is 31.4 Å². The van der Waals surface area contributed by atoms with Gasteiger partial charge in [-0.3, -0.25) is 5.32 Å². The second-order valence-corrected chi connectivity index (χ2v) is 6.10. The lowest BCUT2D eigenvalue weighted by atomic mass is 10.0. The quantitative estimate of drug-likeness (QED) is 0.738. The maximum Gasteiger partial charge on any atom is 0.341 e. The molecule has 1 aromatic heterocycles. The van der Waals surface area contributed by atoms with Crippen molar-refractivity contribution in [2.24, 2.45) is 0 Å². The van der Waals surface area contributed by atoms with Crippen LogP contribution in [0.5, 0.6) is 0 Å². The zero-order valence-corrected chi connectivity index (χ0v) is 12.1. The van der Waals surface area contributed by atoms with Crippen LogP contribution in [0, 0.1) is 0 Å². The van der Waals surface area contributed by atoms with Crippen molar-refractivity contribution in [1.29, 1.82) is 0 Å². The Morgan fingerprint density at radius 3 is 2.90 bits per heavy atom. The van der Waals surface area contributed by atoms with Crippen LogP contribution in [-0.4, -0.2) is 31.7 Å². The van der Waals surface area contributed by atoms with Gasteiger partial charge < -0.3 is 15.4 Å². The molecule has 20 heavy (non-hydrogen) atoms. The first-order valence-corrected chi connectivity index (χ1v) is 7.51. The number of thiophene rings is 1. The number of nitrogens with one attached hydrogen (secondary N) is 3. The van der Waals surface area contributed by atoms with Crippen molar-refractivity contribution in [3.63, 3.8) is 0 Å². The Morgan fingerprint density at radius 1 is 1.40 bits per heavy atom. The van der Waals surface area contributed by atoms with Crippen LogP contribution in [0.15, 0.2) is 0 Å². The number of ether oxygens (including phenoxy) is 1. The number of methoxy groups -OCH3 is 1. The van der Waals surface area contributed by atoms with Crippen molar-refractivity contribution in [2.75, 3.05) is 19.0 Å². The zero-order valence-electron chi connectivity index (χ0n) is 11.2. The molecular formula is C13H17N3O3S. The van der Waals surface area contributed by atoms with Crippen LogP contribution in [0.2, 0.25) is 0 Å². The van der Waals surface area contributed by atoms with Crippen molar-refractivity contribution in [2.45, 2.75) is 31.8 Å². The summed E-state index contributed by atoms with van der Waals surface area (Å²) in [7, 11) is 1.36. The van der Waals surface area contributed by atoms with Gasteiger partial charge in [-0.2, -0.15) is 0 Å². The summed E-state index contributed by atoms with van der Waals surface area (Å²) in [6.07, 6.45) is 2.84. The van der Waals surface area contributed by atoms with Crippen LogP contribution < -0.4 is 16.0 Å². The minimum atomic E-state index is -0.383. The molecule has 2 heterocycles. The topological polar surface area (TPSA) is 79.5 Å². The first-order chi connectivity index (χ1) is 9.69. The van der Waals surface area contributed by atoms with E-state index in [1.165, 1.54) is 18.4 Å². The fourth-order valence-electron chi connectivity index (χ4n) is 2.29. The van der Waals surface area contributed by atoms with Gasteiger partial charge in [-0.1, -0.05) is 0 Å². The van der Waals surface area contributed by atoms with E-state index in [2.05, 4.69) is 16.0 Å². The van der Waals surface area contributed by atoms with E-state index in [0.717, 1.165) is 42.8 Å². The summed E-state index contributed by atoms with van der Waals surface area (Å²) in [6, 6.07) is 0.0389. The number of urea groups is 1. The Kier molecular flexibility index (Phi) is 3.62. The first-order valence-electron chi connectivity index (χ1n) is 6.70. The molecule has 108 valence electrons. The molecule has 7 heteroatoms. The van der Waals surface area contributed by atoms with Crippen molar-refractivity contribution in [3.05, 3.63) is 16.0 Å². The van der Waals surface area contributed by atoms with Gasteiger partial charge in [0.2, 0.25) is 0 Å². The summed E-state index contributed by atoms with van der Waals surface area (Å²) < 4.78 is 4.85. The van der Waals surface area contributed by atoms with E-state index in [0.29, 0.717) is 10.6 Å². The van der Waals surface area contributed by atoms with E-state index in [-0.39, 0.29) is 18.0 Å². The third-order valence-electron chi connectivity index (χ3n) is 3.46. The molecule has 0 bridgehead atoms. The number of hydrogen-bond donors (Lipinski definition) is 3. The molecule has 1 aliphatic carbocycles.